The summed E-state index contributed by atoms with van der Waals surface area (Å²) in [6.07, 6.45) is 4.55. The van der Waals surface area contributed by atoms with Gasteiger partial charge in [-0.3, -0.25) is 4.79 Å². The minimum Gasteiger partial charge on any atom is -0.451 e. The van der Waals surface area contributed by atoms with Crippen molar-refractivity contribution in [2.24, 2.45) is 0 Å². The van der Waals surface area contributed by atoms with Crippen LogP contribution in [0, 0.1) is 6.92 Å². The number of unbranched alkanes of at least 4 members (excludes halogenated alkanes) is 3. The van der Waals surface area contributed by atoms with Crippen LogP contribution in [-0.2, 0) is 0 Å². The van der Waals surface area contributed by atoms with Crippen LogP contribution < -0.4 is 5.32 Å². The molecule has 20 heavy (non-hydrogen) atoms. The summed E-state index contributed by atoms with van der Waals surface area (Å²) in [6, 6.07) is 7.72. The Balaban J connectivity index is 1.85. The van der Waals surface area contributed by atoms with Crippen molar-refractivity contribution < 1.29 is 9.21 Å². The molecule has 1 heterocycles. The molecule has 1 aromatic carbocycles. The number of carbonyl (C=O) groups excluding carboxylic acids is 1. The molecule has 1 amide bonds. The number of rotatable bonds is 7. The fourth-order valence-corrected chi connectivity index (χ4v) is 2.53. The molecule has 4 heteroatoms. The minimum atomic E-state index is -0.126. The molecule has 108 valence electrons. The Bertz CT molecular complexity index is 577. The van der Waals surface area contributed by atoms with Crippen molar-refractivity contribution in [3.8, 4) is 0 Å². The third-order valence-corrected chi connectivity index (χ3v) is 3.80. The highest BCUT2D eigenvalue weighted by Crippen LogP contribution is 2.20. The van der Waals surface area contributed by atoms with E-state index >= 15 is 0 Å². The van der Waals surface area contributed by atoms with Gasteiger partial charge in [-0.15, -0.1) is 0 Å². The van der Waals surface area contributed by atoms with E-state index in [9.17, 15) is 4.79 Å². The summed E-state index contributed by atoms with van der Waals surface area (Å²) in [7, 11) is 0. The van der Waals surface area contributed by atoms with Gasteiger partial charge < -0.3 is 9.73 Å². The van der Waals surface area contributed by atoms with Crippen molar-refractivity contribution in [3.05, 3.63) is 35.6 Å². The Morgan fingerprint density at radius 2 is 2.00 bits per heavy atom. The van der Waals surface area contributed by atoms with E-state index in [1.165, 1.54) is 12.8 Å². The lowest BCUT2D eigenvalue weighted by Crippen LogP contribution is -2.23. The number of alkyl halides is 1. The second kappa shape index (κ2) is 7.48. The molecule has 0 fully saturated rings. The molecule has 0 radical (unpaired) electrons. The van der Waals surface area contributed by atoms with E-state index in [0.29, 0.717) is 12.3 Å². The van der Waals surface area contributed by atoms with Crippen LogP contribution in [0.3, 0.4) is 0 Å². The summed E-state index contributed by atoms with van der Waals surface area (Å²) in [5, 5.41) is 4.94. The van der Waals surface area contributed by atoms with E-state index in [1.54, 1.807) is 0 Å². The largest absolute Gasteiger partial charge is 0.451 e. The predicted octanol–water partition coefficient (Wildman–Crippen LogP) is 4.43. The predicted molar refractivity (Wildman–Crippen MR) is 85.5 cm³/mol. The highest BCUT2D eigenvalue weighted by atomic mass is 79.9. The number of hydrogen-bond acceptors (Lipinski definition) is 2. The van der Waals surface area contributed by atoms with Crippen LogP contribution in [0.4, 0.5) is 0 Å². The van der Waals surface area contributed by atoms with Gasteiger partial charge >= 0.3 is 0 Å². The zero-order valence-electron chi connectivity index (χ0n) is 11.7. The summed E-state index contributed by atoms with van der Waals surface area (Å²) in [6.45, 7) is 2.73. The second-order valence-electron chi connectivity index (χ2n) is 5.01. The van der Waals surface area contributed by atoms with Crippen LogP contribution in [0.25, 0.3) is 11.0 Å². The highest BCUT2D eigenvalue weighted by molar-refractivity contribution is 9.09. The van der Waals surface area contributed by atoms with E-state index in [2.05, 4.69) is 21.2 Å². The van der Waals surface area contributed by atoms with Crippen LogP contribution in [0.1, 0.15) is 41.8 Å². The molecular formula is C16H20BrNO2. The quantitative estimate of drug-likeness (QED) is 0.600. The lowest BCUT2D eigenvalue weighted by molar-refractivity contribution is 0.0927. The maximum absolute atomic E-state index is 12.0. The van der Waals surface area contributed by atoms with E-state index in [0.717, 1.165) is 34.7 Å². The first-order valence-corrected chi connectivity index (χ1v) is 8.17. The van der Waals surface area contributed by atoms with Crippen LogP contribution in [0.15, 0.2) is 28.7 Å². The molecular weight excluding hydrogens is 318 g/mol. The Morgan fingerprint density at radius 3 is 2.80 bits per heavy atom. The summed E-state index contributed by atoms with van der Waals surface area (Å²) < 4.78 is 5.56. The lowest BCUT2D eigenvalue weighted by Gasteiger charge is -2.02. The molecule has 2 aromatic rings. The Labute approximate surface area is 127 Å². The molecule has 3 nitrogen and oxygen atoms in total. The molecule has 0 saturated heterocycles. The zero-order valence-corrected chi connectivity index (χ0v) is 13.3. The van der Waals surface area contributed by atoms with Gasteiger partial charge in [0.1, 0.15) is 5.58 Å². The molecule has 2 rings (SSSR count). The summed E-state index contributed by atoms with van der Waals surface area (Å²) >= 11 is 3.41. The second-order valence-corrected chi connectivity index (χ2v) is 5.80. The monoisotopic (exact) mass is 337 g/mol. The van der Waals surface area contributed by atoms with Crippen molar-refractivity contribution >= 4 is 32.8 Å². The van der Waals surface area contributed by atoms with Crippen LogP contribution in [0.5, 0.6) is 0 Å². The third kappa shape index (κ3) is 4.10. The van der Waals surface area contributed by atoms with E-state index in [-0.39, 0.29) is 5.91 Å². The van der Waals surface area contributed by atoms with Crippen molar-refractivity contribution in [3.63, 3.8) is 0 Å². The molecule has 0 saturated carbocycles. The van der Waals surface area contributed by atoms with Gasteiger partial charge in [0.05, 0.1) is 0 Å². The number of furan rings is 1. The third-order valence-electron chi connectivity index (χ3n) is 3.24. The van der Waals surface area contributed by atoms with Gasteiger partial charge in [0, 0.05) is 17.3 Å². The fourth-order valence-electron chi connectivity index (χ4n) is 2.14. The van der Waals surface area contributed by atoms with Gasteiger partial charge in [-0.05, 0) is 38.0 Å². The fraction of sp³-hybridized carbons (Fsp3) is 0.438. The average molecular weight is 338 g/mol. The first-order valence-electron chi connectivity index (χ1n) is 7.05. The van der Waals surface area contributed by atoms with Crippen LogP contribution in [-0.4, -0.2) is 17.8 Å². The zero-order chi connectivity index (χ0) is 14.4. The van der Waals surface area contributed by atoms with E-state index < -0.39 is 0 Å². The summed E-state index contributed by atoms with van der Waals surface area (Å²) in [5.74, 6) is 0.269. The van der Waals surface area contributed by atoms with E-state index in [1.807, 2.05) is 31.2 Å². The first kappa shape index (κ1) is 15.1. The molecule has 0 unspecified atom stereocenters. The number of fused-ring (bicyclic) bond motifs is 1. The van der Waals surface area contributed by atoms with E-state index in [4.69, 9.17) is 4.42 Å². The van der Waals surface area contributed by atoms with Crippen LogP contribution >= 0.6 is 15.9 Å². The summed E-state index contributed by atoms with van der Waals surface area (Å²) in [4.78, 5) is 12.0. The number of aryl methyl sites for hydroxylation is 1. The number of carbonyl (C=O) groups is 1. The number of benzene rings is 1. The van der Waals surface area contributed by atoms with Gasteiger partial charge in [-0.1, -0.05) is 40.4 Å². The molecule has 0 spiro atoms. The number of nitrogens with one attached hydrogen (secondary N) is 1. The lowest BCUT2D eigenvalue weighted by atomic mass is 10.2. The van der Waals surface area contributed by atoms with Crippen LogP contribution in [0.2, 0.25) is 0 Å². The Kier molecular flexibility index (Phi) is 5.65. The van der Waals surface area contributed by atoms with Crippen molar-refractivity contribution in [2.75, 3.05) is 11.9 Å². The molecule has 0 aliphatic rings. The van der Waals surface area contributed by atoms with Gasteiger partial charge in [-0.2, -0.15) is 0 Å². The van der Waals surface area contributed by atoms with Gasteiger partial charge in [0.25, 0.3) is 5.91 Å². The standard InChI is InChI=1S/C16H20BrNO2/c1-12-6-7-14-13(10-12)11-15(20-14)16(19)18-9-5-3-2-4-8-17/h6-7,10-11H,2-5,8-9H2,1H3,(H,18,19). The highest BCUT2D eigenvalue weighted by Gasteiger charge is 2.11. The van der Waals surface area contributed by atoms with Gasteiger partial charge in [0.2, 0.25) is 0 Å². The SMILES string of the molecule is Cc1ccc2oc(C(=O)NCCCCCCBr)cc2c1. The molecule has 0 aliphatic carbocycles. The molecule has 1 N–H and O–H groups in total. The van der Waals surface area contributed by atoms with Crippen molar-refractivity contribution in [2.45, 2.75) is 32.6 Å². The first-order chi connectivity index (χ1) is 9.70. The molecule has 0 aliphatic heterocycles. The topological polar surface area (TPSA) is 42.2 Å². The smallest absolute Gasteiger partial charge is 0.287 e. The van der Waals surface area contributed by atoms with Crippen molar-refractivity contribution in [1.29, 1.82) is 0 Å². The number of halogens is 1. The number of amides is 1. The number of hydrogen-bond donors (Lipinski definition) is 1. The van der Waals surface area contributed by atoms with Gasteiger partial charge in [-0.25, -0.2) is 0 Å². The Morgan fingerprint density at radius 1 is 1.20 bits per heavy atom. The molecule has 0 bridgehead atoms. The normalized spacial score (nSPS) is 10.9. The maximum atomic E-state index is 12.0. The van der Waals surface area contributed by atoms with Crippen molar-refractivity contribution in [1.82, 2.24) is 5.32 Å². The molecule has 0 atom stereocenters. The summed E-state index contributed by atoms with van der Waals surface area (Å²) in [5.41, 5.74) is 1.93. The molecule has 1 aromatic heterocycles. The minimum absolute atomic E-state index is 0.126. The maximum Gasteiger partial charge on any atom is 0.287 e. The Hall–Kier alpha value is -1.29. The average Bonchev–Trinajstić information content (AvgIpc) is 2.85. The van der Waals surface area contributed by atoms with Gasteiger partial charge in [0.15, 0.2) is 5.76 Å².